The fourth-order valence-corrected chi connectivity index (χ4v) is 3.60. The molecule has 1 fully saturated rings. The first-order valence-corrected chi connectivity index (χ1v) is 10.1. The van der Waals surface area contributed by atoms with E-state index in [9.17, 15) is 4.79 Å². The summed E-state index contributed by atoms with van der Waals surface area (Å²) < 4.78 is 5.45. The van der Waals surface area contributed by atoms with E-state index in [-0.39, 0.29) is 11.9 Å². The summed E-state index contributed by atoms with van der Waals surface area (Å²) in [7, 11) is 0. The maximum absolute atomic E-state index is 12.7. The lowest BCUT2D eigenvalue weighted by Gasteiger charge is -2.34. The Bertz CT molecular complexity index is 750. The lowest BCUT2D eigenvalue weighted by atomic mass is 10.1. The molecule has 1 aliphatic heterocycles. The quantitative estimate of drug-likeness (QED) is 0.735. The Morgan fingerprint density at radius 3 is 2.64 bits per heavy atom. The molecule has 0 aliphatic carbocycles. The molecule has 2 aromatic rings. The van der Waals surface area contributed by atoms with Gasteiger partial charge in [-0.1, -0.05) is 48.0 Å². The number of hydrogen-bond acceptors (Lipinski definition) is 4. The second kappa shape index (κ2) is 10.6. The number of halogens is 1. The fraction of sp³-hybridized carbons (Fsp3) is 0.409. The number of benzene rings is 2. The van der Waals surface area contributed by atoms with Crippen LogP contribution in [0.15, 0.2) is 54.6 Å². The summed E-state index contributed by atoms with van der Waals surface area (Å²) in [6, 6.07) is 17.8. The fourth-order valence-electron chi connectivity index (χ4n) is 3.41. The van der Waals surface area contributed by atoms with Gasteiger partial charge in [0.25, 0.3) is 0 Å². The van der Waals surface area contributed by atoms with E-state index < -0.39 is 0 Å². The molecule has 1 unspecified atom stereocenters. The summed E-state index contributed by atoms with van der Waals surface area (Å²) in [5.41, 5.74) is 1.92. The van der Waals surface area contributed by atoms with E-state index in [0.29, 0.717) is 11.6 Å². The van der Waals surface area contributed by atoms with E-state index in [2.05, 4.69) is 34.2 Å². The number of carbonyl (C=O) groups excluding carboxylic acids is 1. The van der Waals surface area contributed by atoms with Crippen LogP contribution in [0.25, 0.3) is 0 Å². The number of rotatable bonds is 8. The van der Waals surface area contributed by atoms with E-state index in [4.69, 9.17) is 16.3 Å². The molecule has 0 spiro atoms. The SMILES string of the molecule is CC(CN1CCOCC1)N(CC(=O)Nc1cccc(Cl)c1)Cc1ccccc1. The Morgan fingerprint density at radius 1 is 1.18 bits per heavy atom. The highest BCUT2D eigenvalue weighted by atomic mass is 35.5. The maximum Gasteiger partial charge on any atom is 0.238 e. The highest BCUT2D eigenvalue weighted by Crippen LogP contribution is 2.16. The highest BCUT2D eigenvalue weighted by molar-refractivity contribution is 6.30. The monoisotopic (exact) mass is 401 g/mol. The molecule has 3 rings (SSSR count). The van der Waals surface area contributed by atoms with Crippen molar-refractivity contribution in [3.63, 3.8) is 0 Å². The van der Waals surface area contributed by atoms with Crippen LogP contribution in [0.2, 0.25) is 5.02 Å². The number of nitrogens with one attached hydrogen (secondary N) is 1. The van der Waals surface area contributed by atoms with E-state index >= 15 is 0 Å². The molecular formula is C22H28ClN3O2. The standard InChI is InChI=1S/C22H28ClN3O2/c1-18(15-25-10-12-28-13-11-25)26(16-19-6-3-2-4-7-19)17-22(27)24-21-9-5-8-20(23)14-21/h2-9,14,18H,10-13,15-17H2,1H3,(H,24,27). The number of nitrogens with zero attached hydrogens (tertiary/aromatic N) is 2. The van der Waals surface area contributed by atoms with Crippen LogP contribution in [0.3, 0.4) is 0 Å². The van der Waals surface area contributed by atoms with E-state index in [1.807, 2.05) is 30.3 Å². The summed E-state index contributed by atoms with van der Waals surface area (Å²) in [6.45, 7) is 7.60. The van der Waals surface area contributed by atoms with Crippen LogP contribution in [-0.4, -0.2) is 61.1 Å². The lowest BCUT2D eigenvalue weighted by Crippen LogP contribution is -2.47. The largest absolute Gasteiger partial charge is 0.379 e. The Labute approximate surface area is 172 Å². The summed E-state index contributed by atoms with van der Waals surface area (Å²) >= 11 is 6.02. The lowest BCUT2D eigenvalue weighted by molar-refractivity contribution is -0.118. The smallest absolute Gasteiger partial charge is 0.238 e. The number of anilines is 1. The molecule has 1 saturated heterocycles. The number of morpholine rings is 1. The van der Waals surface area contributed by atoms with E-state index in [0.717, 1.165) is 45.1 Å². The normalized spacial score (nSPS) is 16.1. The van der Waals surface area contributed by atoms with Gasteiger partial charge in [-0.25, -0.2) is 0 Å². The topological polar surface area (TPSA) is 44.8 Å². The van der Waals surface area contributed by atoms with Crippen LogP contribution in [-0.2, 0) is 16.1 Å². The summed E-state index contributed by atoms with van der Waals surface area (Å²) in [6.07, 6.45) is 0. The number of amides is 1. The van der Waals surface area contributed by atoms with Gasteiger partial charge in [0, 0.05) is 42.9 Å². The second-order valence-corrected chi connectivity index (χ2v) is 7.65. The Balaban J connectivity index is 1.64. The van der Waals surface area contributed by atoms with Gasteiger partial charge in [-0.2, -0.15) is 0 Å². The van der Waals surface area contributed by atoms with Crippen LogP contribution >= 0.6 is 11.6 Å². The average molecular weight is 402 g/mol. The third-order valence-corrected chi connectivity index (χ3v) is 5.17. The van der Waals surface area contributed by atoms with Gasteiger partial charge in [-0.3, -0.25) is 14.6 Å². The van der Waals surface area contributed by atoms with Crippen molar-refractivity contribution in [2.75, 3.05) is 44.7 Å². The highest BCUT2D eigenvalue weighted by Gasteiger charge is 2.21. The third-order valence-electron chi connectivity index (χ3n) is 4.93. The van der Waals surface area contributed by atoms with Crippen molar-refractivity contribution in [3.8, 4) is 0 Å². The van der Waals surface area contributed by atoms with Gasteiger partial charge in [0.1, 0.15) is 0 Å². The predicted octanol–water partition coefficient (Wildman–Crippen LogP) is 3.50. The summed E-state index contributed by atoms with van der Waals surface area (Å²) in [5.74, 6) is -0.0352. The molecule has 1 N–H and O–H groups in total. The molecule has 1 heterocycles. The first kappa shape index (κ1) is 20.8. The average Bonchev–Trinajstić information content (AvgIpc) is 2.69. The molecule has 1 aliphatic rings. The van der Waals surface area contributed by atoms with Crippen molar-refractivity contribution < 1.29 is 9.53 Å². The first-order valence-electron chi connectivity index (χ1n) is 9.73. The summed E-state index contributed by atoms with van der Waals surface area (Å²) in [5, 5.41) is 3.57. The van der Waals surface area contributed by atoms with Crippen LogP contribution in [0.4, 0.5) is 5.69 Å². The molecule has 28 heavy (non-hydrogen) atoms. The van der Waals surface area contributed by atoms with Crippen molar-refractivity contribution in [1.29, 1.82) is 0 Å². The van der Waals surface area contributed by atoms with Crippen molar-refractivity contribution in [1.82, 2.24) is 9.80 Å². The van der Waals surface area contributed by atoms with Crippen molar-refractivity contribution >= 4 is 23.2 Å². The number of ether oxygens (including phenoxy) is 1. The third kappa shape index (κ3) is 6.60. The van der Waals surface area contributed by atoms with Crippen LogP contribution in [0, 0.1) is 0 Å². The van der Waals surface area contributed by atoms with Crippen molar-refractivity contribution in [2.24, 2.45) is 0 Å². The molecule has 6 heteroatoms. The van der Waals surface area contributed by atoms with Gasteiger partial charge in [0.05, 0.1) is 19.8 Å². The minimum atomic E-state index is -0.0352. The maximum atomic E-state index is 12.7. The van der Waals surface area contributed by atoms with Gasteiger partial charge in [-0.15, -0.1) is 0 Å². The molecule has 1 amide bonds. The molecule has 5 nitrogen and oxygen atoms in total. The van der Waals surface area contributed by atoms with Gasteiger partial charge in [0.15, 0.2) is 0 Å². The van der Waals surface area contributed by atoms with Crippen LogP contribution < -0.4 is 5.32 Å². The zero-order valence-electron chi connectivity index (χ0n) is 16.3. The van der Waals surface area contributed by atoms with Crippen molar-refractivity contribution in [3.05, 3.63) is 65.2 Å². The summed E-state index contributed by atoms with van der Waals surface area (Å²) in [4.78, 5) is 17.3. The van der Waals surface area contributed by atoms with Crippen molar-refractivity contribution in [2.45, 2.75) is 19.5 Å². The zero-order chi connectivity index (χ0) is 19.8. The minimum Gasteiger partial charge on any atom is -0.379 e. The second-order valence-electron chi connectivity index (χ2n) is 7.21. The number of hydrogen-bond donors (Lipinski definition) is 1. The molecular weight excluding hydrogens is 374 g/mol. The molecule has 150 valence electrons. The molecule has 2 aromatic carbocycles. The van der Waals surface area contributed by atoms with Gasteiger partial charge < -0.3 is 10.1 Å². The van der Waals surface area contributed by atoms with Gasteiger partial charge >= 0.3 is 0 Å². The Kier molecular flexibility index (Phi) is 7.86. The van der Waals surface area contributed by atoms with Crippen LogP contribution in [0.5, 0.6) is 0 Å². The molecule has 0 bridgehead atoms. The molecule has 0 saturated carbocycles. The van der Waals surface area contributed by atoms with E-state index in [1.165, 1.54) is 5.56 Å². The Morgan fingerprint density at radius 2 is 1.93 bits per heavy atom. The molecule has 1 atom stereocenters. The van der Waals surface area contributed by atoms with Gasteiger partial charge in [0.2, 0.25) is 5.91 Å². The molecule has 0 aromatic heterocycles. The predicted molar refractivity (Wildman–Crippen MR) is 114 cm³/mol. The van der Waals surface area contributed by atoms with Crippen LogP contribution in [0.1, 0.15) is 12.5 Å². The number of carbonyl (C=O) groups is 1. The van der Waals surface area contributed by atoms with Gasteiger partial charge in [-0.05, 0) is 30.7 Å². The van der Waals surface area contributed by atoms with E-state index in [1.54, 1.807) is 12.1 Å². The minimum absolute atomic E-state index is 0.0352. The molecule has 0 radical (unpaired) electrons. The zero-order valence-corrected chi connectivity index (χ0v) is 17.1. The first-order chi connectivity index (χ1) is 13.6. The Hall–Kier alpha value is -1.92.